The Kier molecular flexibility index (Phi) is 5.67. The highest BCUT2D eigenvalue weighted by atomic mass is 32.1. The molecule has 2 aliphatic rings. The Morgan fingerprint density at radius 1 is 1.35 bits per heavy atom. The molecule has 2 heterocycles. The second-order valence-corrected chi connectivity index (χ2v) is 7.90. The number of rotatable bonds is 5. The Morgan fingerprint density at radius 2 is 2.04 bits per heavy atom. The summed E-state index contributed by atoms with van der Waals surface area (Å²) < 4.78 is 0. The third kappa shape index (κ3) is 4.52. The van der Waals surface area contributed by atoms with Crippen LogP contribution in [0.3, 0.4) is 0 Å². The molecule has 1 atom stereocenters. The molecule has 1 amide bonds. The molecular formula is C17H28N4OS. The fourth-order valence-corrected chi connectivity index (χ4v) is 4.18. The number of thiazole rings is 1. The van der Waals surface area contributed by atoms with Crippen LogP contribution in [0.4, 0.5) is 0 Å². The molecule has 1 aliphatic heterocycles. The quantitative estimate of drug-likeness (QED) is 0.894. The van der Waals surface area contributed by atoms with E-state index in [9.17, 15) is 4.79 Å². The minimum Gasteiger partial charge on any atom is -0.352 e. The van der Waals surface area contributed by atoms with Crippen LogP contribution < -0.4 is 5.32 Å². The van der Waals surface area contributed by atoms with Gasteiger partial charge in [0.05, 0.1) is 16.7 Å². The lowest BCUT2D eigenvalue weighted by Crippen LogP contribution is -2.54. The van der Waals surface area contributed by atoms with Crippen molar-refractivity contribution in [3.05, 3.63) is 16.1 Å². The largest absolute Gasteiger partial charge is 0.352 e. The lowest BCUT2D eigenvalue weighted by molar-refractivity contribution is -0.127. The van der Waals surface area contributed by atoms with E-state index in [2.05, 4.69) is 32.4 Å². The summed E-state index contributed by atoms with van der Waals surface area (Å²) in [6.45, 7) is 8.97. The maximum absolute atomic E-state index is 12.4. The predicted octanol–water partition coefficient (Wildman–Crippen LogP) is 2.02. The Morgan fingerprint density at radius 3 is 2.65 bits per heavy atom. The Bertz CT molecular complexity index is 518. The van der Waals surface area contributed by atoms with Gasteiger partial charge in [0.2, 0.25) is 5.91 Å². The van der Waals surface area contributed by atoms with E-state index in [0.717, 1.165) is 50.6 Å². The fraction of sp³-hybridized carbons (Fsp3) is 0.765. The molecule has 1 aromatic heterocycles. The van der Waals surface area contributed by atoms with Crippen molar-refractivity contribution in [3.8, 4) is 0 Å². The van der Waals surface area contributed by atoms with E-state index in [0.29, 0.717) is 6.04 Å². The van der Waals surface area contributed by atoms with Crippen molar-refractivity contribution in [1.82, 2.24) is 20.1 Å². The van der Waals surface area contributed by atoms with Gasteiger partial charge in [0.15, 0.2) is 0 Å². The van der Waals surface area contributed by atoms with Gasteiger partial charge in [-0.15, -0.1) is 11.3 Å². The molecule has 1 aromatic rings. The molecule has 1 aliphatic carbocycles. The zero-order valence-corrected chi connectivity index (χ0v) is 15.1. The van der Waals surface area contributed by atoms with Gasteiger partial charge in [-0.1, -0.05) is 12.8 Å². The van der Waals surface area contributed by atoms with Crippen LogP contribution in [0.2, 0.25) is 0 Å². The third-order valence-corrected chi connectivity index (χ3v) is 5.91. The molecule has 2 fully saturated rings. The fourth-order valence-electron chi connectivity index (χ4n) is 3.58. The second kappa shape index (κ2) is 7.73. The lowest BCUT2D eigenvalue weighted by atomic mass is 10.2. The number of carbonyl (C=O) groups is 1. The molecule has 0 unspecified atom stereocenters. The van der Waals surface area contributed by atoms with Crippen molar-refractivity contribution in [2.45, 2.75) is 58.2 Å². The average molecular weight is 337 g/mol. The van der Waals surface area contributed by atoms with E-state index in [-0.39, 0.29) is 11.9 Å². The zero-order valence-electron chi connectivity index (χ0n) is 14.3. The van der Waals surface area contributed by atoms with Crippen LogP contribution in [-0.4, -0.2) is 59.0 Å². The molecule has 23 heavy (non-hydrogen) atoms. The summed E-state index contributed by atoms with van der Waals surface area (Å²) in [5.74, 6) is 0.209. The van der Waals surface area contributed by atoms with Crippen molar-refractivity contribution in [2.24, 2.45) is 0 Å². The maximum Gasteiger partial charge on any atom is 0.237 e. The molecule has 0 bridgehead atoms. The molecule has 0 radical (unpaired) electrons. The van der Waals surface area contributed by atoms with Crippen LogP contribution in [0.15, 0.2) is 5.38 Å². The molecule has 6 heteroatoms. The number of nitrogens with zero attached hydrogens (tertiary/aromatic N) is 3. The number of hydrogen-bond acceptors (Lipinski definition) is 5. The molecule has 128 valence electrons. The number of piperazine rings is 1. The highest BCUT2D eigenvalue weighted by Crippen LogP contribution is 2.18. The van der Waals surface area contributed by atoms with Crippen LogP contribution >= 0.6 is 11.3 Å². The van der Waals surface area contributed by atoms with Gasteiger partial charge in [-0.2, -0.15) is 0 Å². The highest BCUT2D eigenvalue weighted by molar-refractivity contribution is 7.09. The number of aryl methyl sites for hydroxylation is 1. The van der Waals surface area contributed by atoms with Crippen molar-refractivity contribution >= 4 is 17.2 Å². The number of nitrogens with one attached hydrogen (secondary N) is 1. The van der Waals surface area contributed by atoms with Gasteiger partial charge in [-0.3, -0.25) is 14.6 Å². The van der Waals surface area contributed by atoms with Gasteiger partial charge in [0.25, 0.3) is 0 Å². The van der Waals surface area contributed by atoms with E-state index < -0.39 is 0 Å². The predicted molar refractivity (Wildman–Crippen MR) is 93.6 cm³/mol. The van der Waals surface area contributed by atoms with Crippen molar-refractivity contribution in [1.29, 1.82) is 0 Å². The minimum atomic E-state index is -0.0146. The molecule has 0 aromatic carbocycles. The first-order valence-corrected chi connectivity index (χ1v) is 9.67. The Hall–Kier alpha value is -0.980. The molecule has 1 saturated carbocycles. The van der Waals surface area contributed by atoms with E-state index in [1.165, 1.54) is 18.5 Å². The van der Waals surface area contributed by atoms with Crippen molar-refractivity contribution in [3.63, 3.8) is 0 Å². The molecular weight excluding hydrogens is 308 g/mol. The Balaban J connectivity index is 1.43. The molecule has 1 N–H and O–H groups in total. The molecule has 5 nitrogen and oxygen atoms in total. The van der Waals surface area contributed by atoms with E-state index >= 15 is 0 Å². The van der Waals surface area contributed by atoms with Gasteiger partial charge in [0.1, 0.15) is 0 Å². The smallest absolute Gasteiger partial charge is 0.237 e. The Labute approximate surface area is 143 Å². The van der Waals surface area contributed by atoms with Crippen LogP contribution in [0.5, 0.6) is 0 Å². The van der Waals surface area contributed by atoms with Crippen LogP contribution in [0.25, 0.3) is 0 Å². The number of hydrogen-bond donors (Lipinski definition) is 1. The first-order chi connectivity index (χ1) is 11.1. The van der Waals surface area contributed by atoms with Crippen LogP contribution in [0.1, 0.15) is 43.3 Å². The molecule has 0 spiro atoms. The summed E-state index contributed by atoms with van der Waals surface area (Å²) >= 11 is 1.72. The number of amides is 1. The second-order valence-electron chi connectivity index (χ2n) is 6.84. The average Bonchev–Trinajstić information content (AvgIpc) is 3.19. The van der Waals surface area contributed by atoms with E-state index in [1.807, 2.05) is 6.92 Å². The zero-order chi connectivity index (χ0) is 16.2. The summed E-state index contributed by atoms with van der Waals surface area (Å²) in [4.78, 5) is 21.7. The summed E-state index contributed by atoms with van der Waals surface area (Å²) in [7, 11) is 0. The van der Waals surface area contributed by atoms with Gasteiger partial charge >= 0.3 is 0 Å². The molecule has 1 saturated heterocycles. The topological polar surface area (TPSA) is 48.5 Å². The third-order valence-electron chi connectivity index (χ3n) is 5.09. The number of carbonyl (C=O) groups excluding carboxylic acids is 1. The first-order valence-electron chi connectivity index (χ1n) is 8.79. The summed E-state index contributed by atoms with van der Waals surface area (Å²) in [6.07, 6.45) is 4.82. The maximum atomic E-state index is 12.4. The normalized spacial score (nSPS) is 22.3. The monoisotopic (exact) mass is 336 g/mol. The van der Waals surface area contributed by atoms with Crippen LogP contribution in [0, 0.1) is 6.92 Å². The van der Waals surface area contributed by atoms with Crippen molar-refractivity contribution in [2.75, 3.05) is 26.2 Å². The van der Waals surface area contributed by atoms with Gasteiger partial charge in [0, 0.05) is 44.1 Å². The molecule has 3 rings (SSSR count). The van der Waals surface area contributed by atoms with Crippen LogP contribution in [-0.2, 0) is 11.3 Å². The minimum absolute atomic E-state index is 0.0146. The highest BCUT2D eigenvalue weighted by Gasteiger charge is 2.27. The SMILES string of the molecule is Cc1nc(CN2CCN([C@H](C)C(=O)NC3CCCC3)CC2)cs1. The van der Waals surface area contributed by atoms with Crippen molar-refractivity contribution < 1.29 is 4.79 Å². The standard InChI is InChI=1S/C17H28N4OS/c1-13(17(22)19-15-5-3-4-6-15)21-9-7-20(8-10-21)11-16-12-23-14(2)18-16/h12-13,15H,3-11H2,1-2H3,(H,19,22)/t13-/m1/s1. The first kappa shape index (κ1) is 16.9. The summed E-state index contributed by atoms with van der Waals surface area (Å²) in [5, 5.41) is 6.51. The summed E-state index contributed by atoms with van der Waals surface area (Å²) in [5.41, 5.74) is 1.17. The van der Waals surface area contributed by atoms with Gasteiger partial charge < -0.3 is 5.32 Å². The van der Waals surface area contributed by atoms with E-state index in [1.54, 1.807) is 11.3 Å². The van der Waals surface area contributed by atoms with Gasteiger partial charge in [-0.05, 0) is 26.7 Å². The number of aromatic nitrogens is 1. The van der Waals surface area contributed by atoms with E-state index in [4.69, 9.17) is 0 Å². The van der Waals surface area contributed by atoms with Gasteiger partial charge in [-0.25, -0.2) is 4.98 Å². The summed E-state index contributed by atoms with van der Waals surface area (Å²) in [6, 6.07) is 0.401. The lowest BCUT2D eigenvalue weighted by Gasteiger charge is -2.37.